The van der Waals surface area contributed by atoms with Crippen molar-refractivity contribution in [3.63, 3.8) is 0 Å². The zero-order valence-corrected chi connectivity index (χ0v) is 26.7. The van der Waals surface area contributed by atoms with Crippen LogP contribution >= 0.6 is 23.2 Å². The van der Waals surface area contributed by atoms with Crippen LogP contribution in [0.1, 0.15) is 72.6 Å². The molecule has 0 radical (unpaired) electrons. The van der Waals surface area contributed by atoms with Gasteiger partial charge in [-0.05, 0) is 91.2 Å². The summed E-state index contributed by atoms with van der Waals surface area (Å²) in [5.74, 6) is 2.26. The highest BCUT2D eigenvalue weighted by molar-refractivity contribution is 6.42. The van der Waals surface area contributed by atoms with Gasteiger partial charge in [0.25, 0.3) is 0 Å². The van der Waals surface area contributed by atoms with E-state index in [1.165, 1.54) is 37.5 Å². The maximum absolute atomic E-state index is 12.8. The molecule has 1 aliphatic carbocycles. The summed E-state index contributed by atoms with van der Waals surface area (Å²) in [7, 11) is 3.62. The Bertz CT molecular complexity index is 1460. The molecular weight excluding hydrogens is 583 g/mol. The fourth-order valence-electron chi connectivity index (χ4n) is 6.55. The van der Waals surface area contributed by atoms with Gasteiger partial charge in [0.1, 0.15) is 29.7 Å². The van der Waals surface area contributed by atoms with Crippen LogP contribution in [0.25, 0.3) is 0 Å². The Morgan fingerprint density at radius 1 is 1.00 bits per heavy atom. The first-order valence-corrected chi connectivity index (χ1v) is 16.1. The molecule has 0 saturated heterocycles. The second-order valence-electron chi connectivity index (χ2n) is 12.3. The van der Waals surface area contributed by atoms with Crippen LogP contribution in [0.15, 0.2) is 54.6 Å². The summed E-state index contributed by atoms with van der Waals surface area (Å²) in [6.07, 6.45) is 5.02. The largest absolute Gasteiger partial charge is 0.486 e. The first-order chi connectivity index (χ1) is 20.8. The Morgan fingerprint density at radius 3 is 2.47 bits per heavy atom. The van der Waals surface area contributed by atoms with Crippen molar-refractivity contribution in [2.75, 3.05) is 27.2 Å². The lowest BCUT2D eigenvalue weighted by atomic mass is 9.83. The monoisotopic (exact) mass is 622 g/mol. The van der Waals surface area contributed by atoms with Gasteiger partial charge in [0.05, 0.1) is 17.2 Å². The first-order valence-electron chi connectivity index (χ1n) is 15.3. The number of likely N-dealkylation sites (N-methyl/N-ethyl adjacent to an activating group) is 1. The predicted octanol–water partition coefficient (Wildman–Crippen LogP) is 7.79. The van der Waals surface area contributed by atoms with E-state index in [2.05, 4.69) is 48.0 Å². The van der Waals surface area contributed by atoms with Gasteiger partial charge in [0, 0.05) is 31.7 Å². The number of carbonyl (C=O) groups excluding carboxylic acids is 1. The molecule has 1 fully saturated rings. The molecular formula is C35H40Cl2N2O4. The van der Waals surface area contributed by atoms with E-state index in [0.717, 1.165) is 60.8 Å². The van der Waals surface area contributed by atoms with Gasteiger partial charge >= 0.3 is 5.97 Å². The number of rotatable bonds is 8. The minimum atomic E-state index is -0.224. The Kier molecular flexibility index (Phi) is 9.20. The number of ether oxygens (including phenoxy) is 3. The van der Waals surface area contributed by atoms with Crippen LogP contribution in [-0.2, 0) is 29.0 Å². The standard InChI is InChI=1S/C35H40Cl2N2O4/c1-4-32(24-10-13-29(36)30(37)15-24)42-28-11-8-23(9-12-28)34-21-38(2)19-27-14-25-16-31(35(40)41-3)39(18-22-6-5-7-22)20-26(25)17-33(27)43-34/h8-15,17,22,31-32,34H,4-7,16,18-21H2,1-3H3/t31-,32+,34+/m0/s1. The molecule has 3 aromatic rings. The highest BCUT2D eigenvalue weighted by Crippen LogP contribution is 2.38. The maximum Gasteiger partial charge on any atom is 0.323 e. The molecule has 8 heteroatoms. The minimum Gasteiger partial charge on any atom is -0.486 e. The molecule has 0 bridgehead atoms. The van der Waals surface area contributed by atoms with E-state index in [-0.39, 0.29) is 24.2 Å². The maximum atomic E-state index is 12.8. The number of benzene rings is 3. The summed E-state index contributed by atoms with van der Waals surface area (Å²) >= 11 is 12.4. The van der Waals surface area contributed by atoms with Gasteiger partial charge in [-0.1, -0.05) is 60.8 Å². The van der Waals surface area contributed by atoms with Gasteiger partial charge in [-0.25, -0.2) is 0 Å². The number of hydrogen-bond donors (Lipinski definition) is 0. The molecule has 43 heavy (non-hydrogen) atoms. The quantitative estimate of drug-likeness (QED) is 0.239. The molecule has 228 valence electrons. The van der Waals surface area contributed by atoms with Crippen molar-refractivity contribution >= 4 is 29.2 Å². The Hall–Kier alpha value is -2.77. The lowest BCUT2D eigenvalue weighted by Gasteiger charge is -2.39. The van der Waals surface area contributed by atoms with E-state index in [1.54, 1.807) is 0 Å². The van der Waals surface area contributed by atoms with Crippen molar-refractivity contribution in [1.29, 1.82) is 0 Å². The second kappa shape index (κ2) is 13.1. The molecule has 0 N–H and O–H groups in total. The van der Waals surface area contributed by atoms with Gasteiger partial charge in [0.15, 0.2) is 0 Å². The van der Waals surface area contributed by atoms with Gasteiger partial charge in [-0.15, -0.1) is 0 Å². The lowest BCUT2D eigenvalue weighted by molar-refractivity contribution is -0.148. The zero-order valence-electron chi connectivity index (χ0n) is 25.2. The van der Waals surface area contributed by atoms with E-state index >= 15 is 0 Å². The van der Waals surface area contributed by atoms with E-state index in [1.807, 2.05) is 30.3 Å². The van der Waals surface area contributed by atoms with Crippen LogP contribution in [0.4, 0.5) is 0 Å². The average Bonchev–Trinajstić information content (AvgIpc) is 3.14. The van der Waals surface area contributed by atoms with Gasteiger partial charge in [-0.2, -0.15) is 0 Å². The highest BCUT2D eigenvalue weighted by atomic mass is 35.5. The third-order valence-corrected chi connectivity index (χ3v) is 9.94. The van der Waals surface area contributed by atoms with Crippen molar-refractivity contribution in [2.45, 2.75) is 70.4 Å². The van der Waals surface area contributed by atoms with E-state index in [4.69, 9.17) is 37.4 Å². The van der Waals surface area contributed by atoms with Crippen LogP contribution in [0.2, 0.25) is 10.0 Å². The summed E-state index contributed by atoms with van der Waals surface area (Å²) in [4.78, 5) is 17.4. The van der Waals surface area contributed by atoms with Gasteiger partial charge < -0.3 is 14.2 Å². The third kappa shape index (κ3) is 6.68. The first kappa shape index (κ1) is 30.3. The lowest BCUT2D eigenvalue weighted by Crippen LogP contribution is -2.48. The number of nitrogens with zero attached hydrogens (tertiary/aromatic N) is 2. The summed E-state index contributed by atoms with van der Waals surface area (Å²) in [6.45, 7) is 5.33. The molecule has 6 rings (SSSR count). The van der Waals surface area contributed by atoms with Crippen LogP contribution in [-0.4, -0.2) is 49.1 Å². The van der Waals surface area contributed by atoms with Crippen LogP contribution in [0, 0.1) is 5.92 Å². The molecule has 0 spiro atoms. The summed E-state index contributed by atoms with van der Waals surface area (Å²) in [6, 6.07) is 18.1. The highest BCUT2D eigenvalue weighted by Gasteiger charge is 2.36. The molecule has 1 saturated carbocycles. The van der Waals surface area contributed by atoms with Crippen molar-refractivity contribution in [3.8, 4) is 11.5 Å². The smallest absolute Gasteiger partial charge is 0.323 e. The fraction of sp³-hybridized carbons (Fsp3) is 0.457. The molecule has 0 amide bonds. The average molecular weight is 624 g/mol. The van der Waals surface area contributed by atoms with Crippen molar-refractivity contribution in [3.05, 3.63) is 92.5 Å². The summed E-state index contributed by atoms with van der Waals surface area (Å²) in [5.41, 5.74) is 5.73. The normalized spacial score (nSPS) is 21.5. The number of hydrogen-bond acceptors (Lipinski definition) is 6. The van der Waals surface area contributed by atoms with E-state index in [9.17, 15) is 4.79 Å². The van der Waals surface area contributed by atoms with Crippen molar-refractivity contribution in [1.82, 2.24) is 9.80 Å². The number of carbonyl (C=O) groups is 1. The van der Waals surface area contributed by atoms with Gasteiger partial charge in [0.2, 0.25) is 0 Å². The van der Waals surface area contributed by atoms with Crippen molar-refractivity contribution in [2.24, 2.45) is 5.92 Å². The van der Waals surface area contributed by atoms with E-state index < -0.39 is 0 Å². The predicted molar refractivity (Wildman–Crippen MR) is 170 cm³/mol. The number of esters is 1. The minimum absolute atomic E-state index is 0.118. The van der Waals surface area contributed by atoms with Crippen LogP contribution in [0.5, 0.6) is 11.5 Å². The second-order valence-corrected chi connectivity index (χ2v) is 13.1. The third-order valence-electron chi connectivity index (χ3n) is 9.20. The molecule has 0 aromatic heterocycles. The SMILES string of the molecule is CC[C@@H](Oc1ccc([C@H]2CN(C)Cc3cc4c(cc3O2)CN(CC2CCC2)[C@H](C(=O)OC)C4)cc1)c1ccc(Cl)c(Cl)c1. The summed E-state index contributed by atoms with van der Waals surface area (Å²) in [5, 5.41) is 1.07. The van der Waals surface area contributed by atoms with Crippen molar-refractivity contribution < 1.29 is 19.0 Å². The topological polar surface area (TPSA) is 51.2 Å². The zero-order chi connectivity index (χ0) is 30.1. The fourth-order valence-corrected chi connectivity index (χ4v) is 6.86. The van der Waals surface area contributed by atoms with Gasteiger partial charge in [-0.3, -0.25) is 14.6 Å². The van der Waals surface area contributed by atoms with E-state index in [0.29, 0.717) is 22.4 Å². The molecule has 2 aliphatic heterocycles. The Morgan fingerprint density at radius 2 is 1.79 bits per heavy atom. The Balaban J connectivity index is 1.20. The molecule has 3 aromatic carbocycles. The number of methoxy groups -OCH3 is 1. The molecule has 0 unspecified atom stereocenters. The van der Waals surface area contributed by atoms with Crippen LogP contribution < -0.4 is 9.47 Å². The molecule has 3 aliphatic rings. The molecule has 6 nitrogen and oxygen atoms in total. The summed E-state index contributed by atoms with van der Waals surface area (Å²) < 4.78 is 18.3. The molecule has 2 heterocycles. The Labute approximate surface area is 264 Å². The number of halogens is 2. The number of fused-ring (bicyclic) bond motifs is 2. The van der Waals surface area contributed by atoms with Crippen LogP contribution in [0.3, 0.4) is 0 Å². The molecule has 3 atom stereocenters.